The van der Waals surface area contributed by atoms with Gasteiger partial charge in [-0.2, -0.15) is 0 Å². The molecule has 3 amide bonds. The standard InChI is InChI=1S/C28H26ClFN4O4/c29-22-5-1-4-21(15-22)26(36)33-13-10-28(11-14-33)34(27(37)20-6-8-23(30)9-7-20)24(18-38-28)25(35)32-17-19-3-2-12-31-16-19/h1-9,12,15-16,24H,10-11,13-14,17-18H2,(H,32,35)/t24-/m0/s1. The summed E-state index contributed by atoms with van der Waals surface area (Å²) in [5.41, 5.74) is 0.470. The zero-order valence-electron chi connectivity index (χ0n) is 20.5. The Morgan fingerprint density at radius 1 is 1.03 bits per heavy atom. The fourth-order valence-corrected chi connectivity index (χ4v) is 5.16. The first-order valence-corrected chi connectivity index (χ1v) is 12.7. The summed E-state index contributed by atoms with van der Waals surface area (Å²) in [5.74, 6) is -1.42. The highest BCUT2D eigenvalue weighted by Crippen LogP contribution is 2.39. The van der Waals surface area contributed by atoms with Crippen molar-refractivity contribution in [1.82, 2.24) is 20.1 Å². The summed E-state index contributed by atoms with van der Waals surface area (Å²) in [6.07, 6.45) is 3.94. The fraction of sp³-hybridized carbons (Fsp3) is 0.286. The fourth-order valence-electron chi connectivity index (χ4n) is 4.97. The van der Waals surface area contributed by atoms with Crippen LogP contribution in [-0.4, -0.2) is 64.0 Å². The van der Waals surface area contributed by atoms with E-state index >= 15 is 0 Å². The maximum atomic E-state index is 13.7. The van der Waals surface area contributed by atoms with Gasteiger partial charge in [0.15, 0.2) is 0 Å². The van der Waals surface area contributed by atoms with Crippen molar-refractivity contribution in [3.05, 3.63) is 101 Å². The van der Waals surface area contributed by atoms with Crippen molar-refractivity contribution in [3.8, 4) is 0 Å². The van der Waals surface area contributed by atoms with Crippen LogP contribution in [0.5, 0.6) is 0 Å². The average Bonchev–Trinajstić information content (AvgIpc) is 3.30. The number of likely N-dealkylation sites (tertiary alicyclic amines) is 1. The first kappa shape index (κ1) is 25.8. The van der Waals surface area contributed by atoms with Gasteiger partial charge < -0.3 is 15.0 Å². The number of ether oxygens (including phenoxy) is 1. The van der Waals surface area contributed by atoms with E-state index in [4.69, 9.17) is 16.3 Å². The lowest BCUT2D eigenvalue weighted by Gasteiger charge is -2.44. The molecule has 2 fully saturated rings. The van der Waals surface area contributed by atoms with Gasteiger partial charge in [0.2, 0.25) is 5.91 Å². The molecule has 0 radical (unpaired) electrons. The highest BCUT2D eigenvalue weighted by atomic mass is 35.5. The SMILES string of the molecule is O=C(NCc1cccnc1)[C@@H]1COC2(CCN(C(=O)c3cccc(Cl)c3)CC2)N1C(=O)c1ccc(F)cc1. The number of rotatable bonds is 5. The summed E-state index contributed by atoms with van der Waals surface area (Å²) in [7, 11) is 0. The Morgan fingerprint density at radius 2 is 1.79 bits per heavy atom. The van der Waals surface area contributed by atoms with E-state index in [1.165, 1.54) is 29.2 Å². The molecule has 1 aromatic heterocycles. The molecular formula is C28H26ClFN4O4. The second-order valence-corrected chi connectivity index (χ2v) is 9.77. The van der Waals surface area contributed by atoms with Crippen molar-refractivity contribution < 1.29 is 23.5 Å². The van der Waals surface area contributed by atoms with Crippen LogP contribution < -0.4 is 5.32 Å². The monoisotopic (exact) mass is 536 g/mol. The van der Waals surface area contributed by atoms with Gasteiger partial charge in [0.25, 0.3) is 11.8 Å². The maximum Gasteiger partial charge on any atom is 0.256 e. The number of pyridine rings is 1. The molecule has 1 N–H and O–H groups in total. The summed E-state index contributed by atoms with van der Waals surface area (Å²) in [4.78, 5) is 47.3. The molecule has 10 heteroatoms. The van der Waals surface area contributed by atoms with E-state index in [0.717, 1.165) is 5.56 Å². The Balaban J connectivity index is 1.36. The average molecular weight is 537 g/mol. The highest BCUT2D eigenvalue weighted by Gasteiger charge is 2.54. The van der Waals surface area contributed by atoms with Gasteiger partial charge in [0, 0.05) is 61.0 Å². The lowest BCUT2D eigenvalue weighted by molar-refractivity contribution is -0.128. The molecule has 2 aliphatic heterocycles. The second kappa shape index (κ2) is 10.9. The molecule has 38 heavy (non-hydrogen) atoms. The van der Waals surface area contributed by atoms with Gasteiger partial charge in [-0.15, -0.1) is 0 Å². The van der Waals surface area contributed by atoms with E-state index in [2.05, 4.69) is 10.3 Å². The quantitative estimate of drug-likeness (QED) is 0.537. The number of benzene rings is 2. The van der Waals surface area contributed by atoms with Crippen LogP contribution in [0.15, 0.2) is 73.1 Å². The van der Waals surface area contributed by atoms with Gasteiger partial charge in [0.1, 0.15) is 17.6 Å². The second-order valence-electron chi connectivity index (χ2n) is 9.34. The number of nitrogens with one attached hydrogen (secondary N) is 1. The van der Waals surface area contributed by atoms with Crippen molar-refractivity contribution >= 4 is 29.3 Å². The molecule has 0 bridgehead atoms. The van der Waals surface area contributed by atoms with Crippen molar-refractivity contribution in [1.29, 1.82) is 0 Å². The third-order valence-electron chi connectivity index (χ3n) is 6.97. The van der Waals surface area contributed by atoms with Crippen LogP contribution >= 0.6 is 11.6 Å². The number of hydrogen-bond donors (Lipinski definition) is 1. The summed E-state index contributed by atoms with van der Waals surface area (Å²) < 4.78 is 19.8. The third-order valence-corrected chi connectivity index (χ3v) is 7.20. The number of piperidine rings is 1. The zero-order valence-corrected chi connectivity index (χ0v) is 21.2. The van der Waals surface area contributed by atoms with Crippen LogP contribution in [0.25, 0.3) is 0 Å². The molecule has 0 saturated carbocycles. The molecule has 0 unspecified atom stereocenters. The molecule has 8 nitrogen and oxygen atoms in total. The van der Waals surface area contributed by atoms with Crippen LogP contribution in [0.2, 0.25) is 5.02 Å². The summed E-state index contributed by atoms with van der Waals surface area (Å²) >= 11 is 6.06. The van der Waals surface area contributed by atoms with Crippen molar-refractivity contribution in [3.63, 3.8) is 0 Å². The van der Waals surface area contributed by atoms with Crippen molar-refractivity contribution in [2.75, 3.05) is 19.7 Å². The molecule has 2 saturated heterocycles. The topological polar surface area (TPSA) is 91.8 Å². The van der Waals surface area contributed by atoms with Crippen molar-refractivity contribution in [2.45, 2.75) is 31.2 Å². The van der Waals surface area contributed by atoms with Crippen LogP contribution in [0, 0.1) is 5.82 Å². The Hall–Kier alpha value is -3.82. The third kappa shape index (κ3) is 5.25. The summed E-state index contributed by atoms with van der Waals surface area (Å²) in [6, 6.07) is 14.7. The van der Waals surface area contributed by atoms with E-state index in [1.807, 2.05) is 6.07 Å². The Bertz CT molecular complexity index is 1330. The zero-order chi connectivity index (χ0) is 26.7. The molecule has 1 spiro atoms. The highest BCUT2D eigenvalue weighted by molar-refractivity contribution is 6.30. The minimum absolute atomic E-state index is 0.00798. The summed E-state index contributed by atoms with van der Waals surface area (Å²) in [6.45, 7) is 0.899. The first-order chi connectivity index (χ1) is 18.4. The van der Waals surface area contributed by atoms with Gasteiger partial charge in [-0.3, -0.25) is 24.3 Å². The van der Waals surface area contributed by atoms with E-state index < -0.39 is 23.5 Å². The Labute approximate surface area is 224 Å². The molecule has 3 aromatic rings. The van der Waals surface area contributed by atoms with E-state index in [-0.39, 0.29) is 30.5 Å². The Morgan fingerprint density at radius 3 is 2.47 bits per heavy atom. The van der Waals surface area contributed by atoms with Gasteiger partial charge in [-0.1, -0.05) is 23.7 Å². The number of aromatic nitrogens is 1. The first-order valence-electron chi connectivity index (χ1n) is 12.3. The molecule has 0 aliphatic carbocycles. The number of amides is 3. The predicted octanol–water partition coefficient (Wildman–Crippen LogP) is 3.66. The molecule has 2 aromatic carbocycles. The molecule has 2 aliphatic rings. The smallest absolute Gasteiger partial charge is 0.256 e. The maximum absolute atomic E-state index is 13.7. The lowest BCUT2D eigenvalue weighted by atomic mass is 9.96. The number of nitrogens with zero attached hydrogens (tertiary/aromatic N) is 3. The van der Waals surface area contributed by atoms with Crippen LogP contribution in [0.3, 0.4) is 0 Å². The molecule has 5 rings (SSSR count). The lowest BCUT2D eigenvalue weighted by Crippen LogP contribution is -2.59. The van der Waals surface area contributed by atoms with E-state index in [0.29, 0.717) is 36.5 Å². The van der Waals surface area contributed by atoms with Crippen LogP contribution in [0.4, 0.5) is 4.39 Å². The van der Waals surface area contributed by atoms with E-state index in [9.17, 15) is 18.8 Å². The molecule has 1 atom stereocenters. The van der Waals surface area contributed by atoms with Gasteiger partial charge in [-0.25, -0.2) is 4.39 Å². The van der Waals surface area contributed by atoms with Crippen LogP contribution in [0.1, 0.15) is 39.1 Å². The molecular weight excluding hydrogens is 511 g/mol. The Kier molecular flexibility index (Phi) is 7.40. The molecule has 3 heterocycles. The van der Waals surface area contributed by atoms with Gasteiger partial charge in [0.05, 0.1) is 6.61 Å². The van der Waals surface area contributed by atoms with Gasteiger partial charge >= 0.3 is 0 Å². The number of halogens is 2. The van der Waals surface area contributed by atoms with Crippen molar-refractivity contribution in [2.24, 2.45) is 0 Å². The minimum Gasteiger partial charge on any atom is -0.353 e. The largest absolute Gasteiger partial charge is 0.353 e. The van der Waals surface area contributed by atoms with Crippen LogP contribution in [-0.2, 0) is 16.1 Å². The normalized spacial score (nSPS) is 18.4. The molecule has 196 valence electrons. The van der Waals surface area contributed by atoms with E-state index in [1.54, 1.807) is 47.6 Å². The minimum atomic E-state index is -1.08. The number of hydrogen-bond acceptors (Lipinski definition) is 5. The number of carbonyl (C=O) groups is 3. The van der Waals surface area contributed by atoms with Gasteiger partial charge in [-0.05, 0) is 54.1 Å². The number of carbonyl (C=O) groups excluding carboxylic acids is 3. The summed E-state index contributed by atoms with van der Waals surface area (Å²) in [5, 5.41) is 3.34. The predicted molar refractivity (Wildman–Crippen MR) is 138 cm³/mol.